The van der Waals surface area contributed by atoms with Crippen LogP contribution in [0.15, 0.2) is 24.3 Å². The summed E-state index contributed by atoms with van der Waals surface area (Å²) in [6.07, 6.45) is 0.114. The zero-order chi connectivity index (χ0) is 12.6. The summed E-state index contributed by atoms with van der Waals surface area (Å²) in [6, 6.07) is 6.65. The first-order valence-corrected chi connectivity index (χ1v) is 6.05. The number of carbonyl (C=O) groups is 2. The first-order chi connectivity index (χ1) is 7.90. The lowest BCUT2D eigenvalue weighted by Crippen LogP contribution is -2.32. The van der Waals surface area contributed by atoms with Gasteiger partial charge in [0.15, 0.2) is 3.79 Å². The van der Waals surface area contributed by atoms with Gasteiger partial charge >= 0.3 is 0 Å². The van der Waals surface area contributed by atoms with Gasteiger partial charge in [-0.3, -0.25) is 14.5 Å². The zero-order valence-electron chi connectivity index (χ0n) is 8.62. The van der Waals surface area contributed by atoms with Crippen LogP contribution in [0.4, 0.5) is 0 Å². The summed E-state index contributed by atoms with van der Waals surface area (Å²) in [7, 11) is 0. The Kier molecular flexibility index (Phi) is 3.34. The van der Waals surface area contributed by atoms with Gasteiger partial charge in [0.05, 0.1) is 11.1 Å². The van der Waals surface area contributed by atoms with E-state index < -0.39 is 3.79 Å². The monoisotopic (exact) mass is 291 g/mol. The van der Waals surface area contributed by atoms with Crippen LogP contribution in [0.2, 0.25) is 0 Å². The van der Waals surface area contributed by atoms with E-state index >= 15 is 0 Å². The molecule has 0 saturated heterocycles. The van der Waals surface area contributed by atoms with Crippen molar-refractivity contribution in [3.8, 4) is 0 Å². The molecule has 0 aliphatic carbocycles. The molecule has 0 radical (unpaired) electrons. The predicted octanol–water partition coefficient (Wildman–Crippen LogP) is 3.04. The average molecular weight is 293 g/mol. The zero-order valence-corrected chi connectivity index (χ0v) is 10.9. The number of alkyl halides is 3. The molecule has 0 aromatic heterocycles. The molecule has 6 heteroatoms. The van der Waals surface area contributed by atoms with E-state index in [1.54, 1.807) is 24.3 Å². The third kappa shape index (κ3) is 2.57. The van der Waals surface area contributed by atoms with E-state index in [0.29, 0.717) is 11.1 Å². The minimum Gasteiger partial charge on any atom is -0.274 e. The molecule has 1 aromatic rings. The minimum absolute atomic E-state index is 0.100. The van der Waals surface area contributed by atoms with Crippen LogP contribution < -0.4 is 0 Å². The fraction of sp³-hybridized carbons (Fsp3) is 0.273. The lowest BCUT2D eigenvalue weighted by atomic mass is 10.1. The van der Waals surface area contributed by atoms with Crippen molar-refractivity contribution in [3.63, 3.8) is 0 Å². The maximum atomic E-state index is 11.9. The third-order valence-electron chi connectivity index (χ3n) is 2.50. The van der Waals surface area contributed by atoms with Crippen molar-refractivity contribution in [1.29, 1.82) is 0 Å². The molecule has 1 aliphatic rings. The van der Waals surface area contributed by atoms with E-state index in [9.17, 15) is 9.59 Å². The van der Waals surface area contributed by atoms with Crippen molar-refractivity contribution >= 4 is 46.6 Å². The number of halogens is 3. The number of rotatable bonds is 2. The van der Waals surface area contributed by atoms with Crippen molar-refractivity contribution in [2.75, 3.05) is 6.54 Å². The van der Waals surface area contributed by atoms with Crippen LogP contribution in [0, 0.1) is 0 Å². The fourth-order valence-electron chi connectivity index (χ4n) is 1.68. The number of nitrogens with zero attached hydrogens (tertiary/aromatic N) is 1. The average Bonchev–Trinajstić information content (AvgIpc) is 2.49. The Morgan fingerprint density at radius 2 is 1.47 bits per heavy atom. The summed E-state index contributed by atoms with van der Waals surface area (Å²) < 4.78 is -1.46. The summed E-state index contributed by atoms with van der Waals surface area (Å²) >= 11 is 16.8. The van der Waals surface area contributed by atoms with Gasteiger partial charge in [-0.15, -0.1) is 0 Å². The SMILES string of the molecule is O=C1c2ccccc2C(=O)N1CCC(Cl)(Cl)Cl. The van der Waals surface area contributed by atoms with Gasteiger partial charge in [0, 0.05) is 13.0 Å². The van der Waals surface area contributed by atoms with Crippen molar-refractivity contribution in [2.45, 2.75) is 10.2 Å². The molecule has 0 bridgehead atoms. The number of carbonyl (C=O) groups excluding carboxylic acids is 2. The summed E-state index contributed by atoms with van der Waals surface area (Å²) in [5.74, 6) is -0.667. The van der Waals surface area contributed by atoms with E-state index in [1.165, 1.54) is 0 Å². The highest BCUT2D eigenvalue weighted by atomic mass is 35.6. The number of benzene rings is 1. The Morgan fingerprint density at radius 1 is 1.00 bits per heavy atom. The van der Waals surface area contributed by atoms with Gasteiger partial charge in [0.2, 0.25) is 0 Å². The first-order valence-electron chi connectivity index (χ1n) is 4.92. The molecule has 0 fully saturated rings. The first kappa shape index (κ1) is 12.7. The van der Waals surface area contributed by atoms with Gasteiger partial charge in [-0.05, 0) is 12.1 Å². The van der Waals surface area contributed by atoms with Crippen LogP contribution in [-0.4, -0.2) is 27.1 Å². The predicted molar refractivity (Wildman–Crippen MR) is 66.7 cm³/mol. The minimum atomic E-state index is -1.46. The van der Waals surface area contributed by atoms with E-state index in [4.69, 9.17) is 34.8 Å². The van der Waals surface area contributed by atoms with E-state index in [1.807, 2.05) is 0 Å². The molecule has 1 aliphatic heterocycles. The van der Waals surface area contributed by atoms with Crippen LogP contribution >= 0.6 is 34.8 Å². The molecule has 17 heavy (non-hydrogen) atoms. The Hall–Kier alpha value is -0.770. The number of hydrogen-bond donors (Lipinski definition) is 0. The molecular formula is C11H8Cl3NO2. The Morgan fingerprint density at radius 3 is 1.88 bits per heavy atom. The molecule has 3 nitrogen and oxygen atoms in total. The second-order valence-electron chi connectivity index (χ2n) is 3.67. The summed E-state index contributed by atoms with van der Waals surface area (Å²) in [5, 5.41) is 0. The summed E-state index contributed by atoms with van der Waals surface area (Å²) in [6.45, 7) is 0.100. The molecule has 1 heterocycles. The molecule has 2 amide bonds. The Balaban J connectivity index is 2.19. The Bertz CT molecular complexity index is 447. The van der Waals surface area contributed by atoms with Gasteiger partial charge in [-0.2, -0.15) is 0 Å². The van der Waals surface area contributed by atoms with E-state index in [2.05, 4.69) is 0 Å². The van der Waals surface area contributed by atoms with Crippen molar-refractivity contribution in [3.05, 3.63) is 35.4 Å². The van der Waals surface area contributed by atoms with Crippen LogP contribution in [0.5, 0.6) is 0 Å². The molecule has 0 unspecified atom stereocenters. The van der Waals surface area contributed by atoms with Crippen LogP contribution in [0.1, 0.15) is 27.1 Å². The quantitative estimate of drug-likeness (QED) is 0.620. The maximum Gasteiger partial charge on any atom is 0.261 e. The second kappa shape index (κ2) is 4.48. The molecule has 90 valence electrons. The lowest BCUT2D eigenvalue weighted by Gasteiger charge is -2.17. The number of fused-ring (bicyclic) bond motifs is 1. The fourth-order valence-corrected chi connectivity index (χ4v) is 1.93. The molecule has 0 N–H and O–H groups in total. The second-order valence-corrected chi connectivity index (χ2v) is 6.19. The molecule has 1 aromatic carbocycles. The third-order valence-corrected chi connectivity index (χ3v) is 3.06. The molecule has 0 saturated carbocycles. The van der Waals surface area contributed by atoms with Gasteiger partial charge in [-0.25, -0.2) is 0 Å². The van der Waals surface area contributed by atoms with Crippen molar-refractivity contribution in [2.24, 2.45) is 0 Å². The standard InChI is InChI=1S/C11H8Cl3NO2/c12-11(13,14)5-6-15-9(16)7-3-1-2-4-8(7)10(15)17/h1-4H,5-6H2. The van der Waals surface area contributed by atoms with Crippen molar-refractivity contribution in [1.82, 2.24) is 4.90 Å². The highest BCUT2D eigenvalue weighted by Crippen LogP contribution is 2.31. The maximum absolute atomic E-state index is 11.9. The molecule has 0 atom stereocenters. The van der Waals surface area contributed by atoms with Gasteiger partial charge in [0.1, 0.15) is 0 Å². The molecular weight excluding hydrogens is 284 g/mol. The largest absolute Gasteiger partial charge is 0.274 e. The summed E-state index contributed by atoms with van der Waals surface area (Å²) in [4.78, 5) is 24.9. The topological polar surface area (TPSA) is 37.4 Å². The lowest BCUT2D eigenvalue weighted by molar-refractivity contribution is 0.0653. The summed E-state index contributed by atoms with van der Waals surface area (Å²) in [5.41, 5.74) is 0.809. The molecule has 2 rings (SSSR count). The number of imide groups is 1. The van der Waals surface area contributed by atoms with Gasteiger partial charge in [-0.1, -0.05) is 46.9 Å². The van der Waals surface area contributed by atoms with E-state index in [0.717, 1.165) is 4.90 Å². The van der Waals surface area contributed by atoms with Crippen LogP contribution in [0.3, 0.4) is 0 Å². The molecule has 0 spiro atoms. The Labute approximate surface area is 113 Å². The van der Waals surface area contributed by atoms with Gasteiger partial charge in [0.25, 0.3) is 11.8 Å². The van der Waals surface area contributed by atoms with Crippen molar-refractivity contribution < 1.29 is 9.59 Å². The normalized spacial score (nSPS) is 15.4. The number of hydrogen-bond acceptors (Lipinski definition) is 2. The smallest absolute Gasteiger partial charge is 0.261 e. The van der Waals surface area contributed by atoms with Crippen LogP contribution in [0.25, 0.3) is 0 Å². The highest BCUT2D eigenvalue weighted by molar-refractivity contribution is 6.67. The number of amides is 2. The van der Waals surface area contributed by atoms with Gasteiger partial charge < -0.3 is 0 Å². The van der Waals surface area contributed by atoms with Crippen LogP contribution in [-0.2, 0) is 0 Å². The van der Waals surface area contributed by atoms with E-state index in [-0.39, 0.29) is 24.8 Å². The highest BCUT2D eigenvalue weighted by Gasteiger charge is 2.36.